The van der Waals surface area contributed by atoms with E-state index in [0.29, 0.717) is 6.04 Å². The van der Waals surface area contributed by atoms with E-state index in [1.807, 2.05) is 29.2 Å². The van der Waals surface area contributed by atoms with Gasteiger partial charge in [0.1, 0.15) is 0 Å². The van der Waals surface area contributed by atoms with Gasteiger partial charge in [0.05, 0.1) is 0 Å². The summed E-state index contributed by atoms with van der Waals surface area (Å²) < 4.78 is 0.959. The largest absolute Gasteiger partial charge is 0.337 e. The quantitative estimate of drug-likeness (QED) is 0.889. The molecule has 0 spiro atoms. The molecule has 1 aromatic carbocycles. The van der Waals surface area contributed by atoms with Crippen molar-refractivity contribution in [2.24, 2.45) is 0 Å². The van der Waals surface area contributed by atoms with Crippen LogP contribution in [-0.4, -0.2) is 61.0 Å². The van der Waals surface area contributed by atoms with Crippen molar-refractivity contribution in [3.63, 3.8) is 0 Å². The van der Waals surface area contributed by atoms with E-state index in [-0.39, 0.29) is 5.91 Å². The van der Waals surface area contributed by atoms with Crippen molar-refractivity contribution in [3.05, 3.63) is 34.3 Å². The second-order valence-corrected chi connectivity index (χ2v) is 6.42. The van der Waals surface area contributed by atoms with E-state index in [9.17, 15) is 4.79 Å². The number of nitrogens with one attached hydrogen (secondary N) is 1. The van der Waals surface area contributed by atoms with Crippen molar-refractivity contribution >= 4 is 21.8 Å². The van der Waals surface area contributed by atoms with Crippen LogP contribution in [0.3, 0.4) is 0 Å². The predicted molar refractivity (Wildman–Crippen MR) is 82.9 cm³/mol. The van der Waals surface area contributed by atoms with Crippen LogP contribution in [0.4, 0.5) is 0 Å². The fourth-order valence-corrected chi connectivity index (χ4v) is 3.24. The van der Waals surface area contributed by atoms with Gasteiger partial charge >= 0.3 is 0 Å². The number of hydrogen-bond donors (Lipinski definition) is 1. The van der Waals surface area contributed by atoms with Crippen molar-refractivity contribution in [1.82, 2.24) is 15.1 Å². The number of carbonyl (C=O) groups is 1. The SMILES string of the molecule is O=C(c1cccc(Br)c1)N1CCCN(C2CNC2)CC1. The monoisotopic (exact) mass is 337 g/mol. The van der Waals surface area contributed by atoms with Crippen molar-refractivity contribution in [2.45, 2.75) is 12.5 Å². The maximum Gasteiger partial charge on any atom is 0.253 e. The Morgan fingerprint density at radius 1 is 1.20 bits per heavy atom. The van der Waals surface area contributed by atoms with Gasteiger partial charge in [0, 0.05) is 55.3 Å². The molecule has 4 nitrogen and oxygen atoms in total. The maximum atomic E-state index is 12.5. The topological polar surface area (TPSA) is 35.6 Å². The molecule has 0 aliphatic carbocycles. The molecular weight excluding hydrogens is 318 g/mol. The van der Waals surface area contributed by atoms with Gasteiger partial charge in [0.15, 0.2) is 0 Å². The molecule has 0 bridgehead atoms. The first kappa shape index (κ1) is 14.0. The highest BCUT2D eigenvalue weighted by molar-refractivity contribution is 9.10. The van der Waals surface area contributed by atoms with E-state index >= 15 is 0 Å². The molecule has 0 aromatic heterocycles. The first-order valence-electron chi connectivity index (χ1n) is 7.23. The summed E-state index contributed by atoms with van der Waals surface area (Å²) in [6.45, 7) is 5.99. The van der Waals surface area contributed by atoms with Crippen LogP contribution in [0, 0.1) is 0 Å². The standard InChI is InChI=1S/C15H20BrN3O/c16-13-4-1-3-12(9-13)15(20)19-6-2-5-18(7-8-19)14-10-17-11-14/h1,3-4,9,14,17H,2,5-8,10-11H2. The fraction of sp³-hybridized carbons (Fsp3) is 0.533. The van der Waals surface area contributed by atoms with Gasteiger partial charge in [-0.1, -0.05) is 22.0 Å². The van der Waals surface area contributed by atoms with Gasteiger partial charge in [-0.2, -0.15) is 0 Å². The van der Waals surface area contributed by atoms with Crippen LogP contribution in [0.1, 0.15) is 16.8 Å². The Hall–Kier alpha value is -0.910. The van der Waals surface area contributed by atoms with Crippen molar-refractivity contribution in [3.8, 4) is 0 Å². The van der Waals surface area contributed by atoms with Crippen LogP contribution in [0.15, 0.2) is 28.7 Å². The third-order valence-electron chi connectivity index (χ3n) is 4.17. The summed E-state index contributed by atoms with van der Waals surface area (Å²) in [5.74, 6) is 0.153. The molecule has 108 valence electrons. The third kappa shape index (κ3) is 3.05. The molecule has 1 N–H and O–H groups in total. The molecule has 2 aliphatic heterocycles. The smallest absolute Gasteiger partial charge is 0.253 e. The Bertz CT molecular complexity index is 490. The molecule has 0 saturated carbocycles. The van der Waals surface area contributed by atoms with Crippen LogP contribution in [0.25, 0.3) is 0 Å². The maximum absolute atomic E-state index is 12.5. The van der Waals surface area contributed by atoms with E-state index in [0.717, 1.165) is 55.7 Å². The molecule has 2 heterocycles. The first-order chi connectivity index (χ1) is 9.74. The van der Waals surface area contributed by atoms with Crippen LogP contribution >= 0.6 is 15.9 Å². The van der Waals surface area contributed by atoms with Gasteiger partial charge < -0.3 is 10.2 Å². The molecule has 0 radical (unpaired) electrons. The minimum absolute atomic E-state index is 0.153. The van der Waals surface area contributed by atoms with Crippen LogP contribution < -0.4 is 5.32 Å². The molecule has 20 heavy (non-hydrogen) atoms. The third-order valence-corrected chi connectivity index (χ3v) is 4.66. The van der Waals surface area contributed by atoms with Crippen molar-refractivity contribution < 1.29 is 4.79 Å². The Labute approximate surface area is 128 Å². The number of rotatable bonds is 2. The summed E-state index contributed by atoms with van der Waals surface area (Å²) in [5.41, 5.74) is 0.776. The highest BCUT2D eigenvalue weighted by atomic mass is 79.9. The van der Waals surface area contributed by atoms with Gasteiger partial charge in [-0.3, -0.25) is 9.69 Å². The number of benzene rings is 1. The van der Waals surface area contributed by atoms with Crippen LogP contribution in [-0.2, 0) is 0 Å². The van der Waals surface area contributed by atoms with Gasteiger partial charge in [-0.15, -0.1) is 0 Å². The zero-order valence-electron chi connectivity index (χ0n) is 11.5. The normalized spacial score (nSPS) is 21.4. The number of hydrogen-bond acceptors (Lipinski definition) is 3. The molecule has 1 amide bonds. The lowest BCUT2D eigenvalue weighted by Crippen LogP contribution is -2.57. The van der Waals surface area contributed by atoms with Gasteiger partial charge in [0.2, 0.25) is 0 Å². The molecule has 2 aliphatic rings. The van der Waals surface area contributed by atoms with Gasteiger partial charge in [-0.25, -0.2) is 0 Å². The zero-order chi connectivity index (χ0) is 13.9. The summed E-state index contributed by atoms with van der Waals surface area (Å²) in [5, 5.41) is 3.32. The summed E-state index contributed by atoms with van der Waals surface area (Å²) in [7, 11) is 0. The number of carbonyl (C=O) groups excluding carboxylic acids is 1. The molecular formula is C15H20BrN3O. The lowest BCUT2D eigenvalue weighted by atomic mass is 10.1. The van der Waals surface area contributed by atoms with Crippen molar-refractivity contribution in [1.29, 1.82) is 0 Å². The summed E-state index contributed by atoms with van der Waals surface area (Å²) in [6.07, 6.45) is 1.07. The highest BCUT2D eigenvalue weighted by Gasteiger charge is 2.27. The molecule has 5 heteroatoms. The minimum Gasteiger partial charge on any atom is -0.337 e. The van der Waals surface area contributed by atoms with E-state index < -0.39 is 0 Å². The van der Waals surface area contributed by atoms with Gasteiger partial charge in [-0.05, 0) is 24.6 Å². The van der Waals surface area contributed by atoms with Crippen molar-refractivity contribution in [2.75, 3.05) is 39.3 Å². The average molecular weight is 338 g/mol. The number of amides is 1. The lowest BCUT2D eigenvalue weighted by molar-refractivity contribution is 0.0753. The molecule has 2 fully saturated rings. The summed E-state index contributed by atoms with van der Waals surface area (Å²) in [6, 6.07) is 8.34. The lowest BCUT2D eigenvalue weighted by Gasteiger charge is -2.37. The van der Waals surface area contributed by atoms with Crippen LogP contribution in [0.5, 0.6) is 0 Å². The summed E-state index contributed by atoms with van der Waals surface area (Å²) >= 11 is 3.43. The summed E-state index contributed by atoms with van der Waals surface area (Å²) in [4.78, 5) is 17.1. The molecule has 0 unspecified atom stereocenters. The second kappa shape index (κ2) is 6.24. The Morgan fingerprint density at radius 3 is 2.75 bits per heavy atom. The Balaban J connectivity index is 1.63. The number of halogens is 1. The second-order valence-electron chi connectivity index (χ2n) is 5.50. The van der Waals surface area contributed by atoms with Crippen LogP contribution in [0.2, 0.25) is 0 Å². The van der Waals surface area contributed by atoms with E-state index in [1.165, 1.54) is 0 Å². The van der Waals surface area contributed by atoms with E-state index in [4.69, 9.17) is 0 Å². The fourth-order valence-electron chi connectivity index (χ4n) is 2.84. The Morgan fingerprint density at radius 2 is 2.05 bits per heavy atom. The average Bonchev–Trinajstić information content (AvgIpc) is 2.62. The molecule has 2 saturated heterocycles. The minimum atomic E-state index is 0.153. The predicted octanol–water partition coefficient (Wildman–Crippen LogP) is 1.57. The van der Waals surface area contributed by atoms with Gasteiger partial charge in [0.25, 0.3) is 5.91 Å². The number of nitrogens with zero attached hydrogens (tertiary/aromatic N) is 2. The van der Waals surface area contributed by atoms with E-state index in [1.54, 1.807) is 0 Å². The Kier molecular flexibility index (Phi) is 4.38. The molecule has 0 atom stereocenters. The highest BCUT2D eigenvalue weighted by Crippen LogP contribution is 2.16. The zero-order valence-corrected chi connectivity index (χ0v) is 13.1. The molecule has 1 aromatic rings. The molecule has 3 rings (SSSR count). The van der Waals surface area contributed by atoms with E-state index in [2.05, 4.69) is 26.1 Å². The first-order valence-corrected chi connectivity index (χ1v) is 8.03.